The van der Waals surface area contributed by atoms with Crippen molar-refractivity contribution in [1.29, 1.82) is 0 Å². The van der Waals surface area contributed by atoms with Gasteiger partial charge in [-0.25, -0.2) is 0 Å². The summed E-state index contributed by atoms with van der Waals surface area (Å²) >= 11 is 0. The number of nitrogens with one attached hydrogen (secondary N) is 1. The molecule has 1 N–H and O–H groups in total. The smallest absolute Gasteiger partial charge is 0.180 e. The van der Waals surface area contributed by atoms with E-state index in [9.17, 15) is 4.79 Å². The highest BCUT2D eigenvalue weighted by Gasteiger charge is 2.48. The van der Waals surface area contributed by atoms with Gasteiger partial charge in [0.2, 0.25) is 0 Å². The summed E-state index contributed by atoms with van der Waals surface area (Å²) in [7, 11) is 2.14. The van der Waals surface area contributed by atoms with Gasteiger partial charge in [-0.15, -0.1) is 0 Å². The number of anilines is 2. The molecule has 0 aliphatic heterocycles. The van der Waals surface area contributed by atoms with Gasteiger partial charge in [0.15, 0.2) is 5.78 Å². The molecule has 2 aliphatic rings. The topological polar surface area (TPSA) is 50.8 Å². The summed E-state index contributed by atoms with van der Waals surface area (Å²) in [6, 6.07) is 14.3. The Labute approximate surface area is 236 Å². The molecule has 1 fully saturated rings. The van der Waals surface area contributed by atoms with E-state index in [0.29, 0.717) is 6.61 Å². The molecular formula is C34H50N2O3. The third kappa shape index (κ3) is 7.05. The van der Waals surface area contributed by atoms with E-state index in [1.54, 1.807) is 0 Å². The highest BCUT2D eigenvalue weighted by Crippen LogP contribution is 2.46. The van der Waals surface area contributed by atoms with Gasteiger partial charge in [0.1, 0.15) is 11.4 Å². The van der Waals surface area contributed by atoms with E-state index < -0.39 is 0 Å². The predicted octanol–water partition coefficient (Wildman–Crippen LogP) is 8.00. The Kier molecular flexibility index (Phi) is 8.54. The van der Waals surface area contributed by atoms with Crippen LogP contribution in [0.5, 0.6) is 5.75 Å². The second-order valence-electron chi connectivity index (χ2n) is 13.7. The molecule has 1 unspecified atom stereocenters. The summed E-state index contributed by atoms with van der Waals surface area (Å²) in [4.78, 5) is 16.1. The number of carbonyl (C=O) groups excluding carboxylic acids is 1. The van der Waals surface area contributed by atoms with Crippen LogP contribution in [0, 0.1) is 11.8 Å². The number of Topliss-reactive ketones (excluding diaryl/α,β-unsaturated/α-hetero) is 1. The van der Waals surface area contributed by atoms with E-state index in [0.717, 1.165) is 53.6 Å². The van der Waals surface area contributed by atoms with Crippen molar-refractivity contribution in [2.24, 2.45) is 11.8 Å². The second kappa shape index (κ2) is 11.2. The van der Waals surface area contributed by atoms with Gasteiger partial charge in [0.05, 0.1) is 18.2 Å². The van der Waals surface area contributed by atoms with Crippen LogP contribution in [0.15, 0.2) is 42.5 Å². The number of likely N-dealkylation sites (N-methyl/N-ethyl adjacent to an activating group) is 1. The minimum absolute atomic E-state index is 0.0622. The van der Waals surface area contributed by atoms with Crippen molar-refractivity contribution < 1.29 is 14.3 Å². The first-order valence-electron chi connectivity index (χ1n) is 14.8. The highest BCUT2D eigenvalue weighted by atomic mass is 16.5. The summed E-state index contributed by atoms with van der Waals surface area (Å²) in [5.74, 6) is 2.09. The number of ketones is 1. The van der Waals surface area contributed by atoms with Crippen LogP contribution in [0.25, 0.3) is 0 Å². The van der Waals surface area contributed by atoms with Crippen LogP contribution in [0.4, 0.5) is 11.4 Å². The fraction of sp³-hybridized carbons (Fsp3) is 0.618. The summed E-state index contributed by atoms with van der Waals surface area (Å²) in [6.45, 7) is 18.9. The van der Waals surface area contributed by atoms with E-state index in [1.165, 1.54) is 12.8 Å². The Morgan fingerprint density at radius 3 is 2.38 bits per heavy atom. The van der Waals surface area contributed by atoms with Gasteiger partial charge >= 0.3 is 0 Å². The summed E-state index contributed by atoms with van der Waals surface area (Å²) in [5, 5.41) is 3.58. The molecule has 0 radical (unpaired) electrons. The fourth-order valence-corrected chi connectivity index (χ4v) is 5.98. The summed E-state index contributed by atoms with van der Waals surface area (Å²) in [6.07, 6.45) is 4.38. The predicted molar refractivity (Wildman–Crippen MR) is 161 cm³/mol. The van der Waals surface area contributed by atoms with Gasteiger partial charge in [0, 0.05) is 36.0 Å². The van der Waals surface area contributed by atoms with E-state index in [4.69, 9.17) is 9.47 Å². The van der Waals surface area contributed by atoms with Crippen LogP contribution in [0.2, 0.25) is 0 Å². The molecule has 2 aromatic carbocycles. The Bertz CT molecular complexity index is 1160. The van der Waals surface area contributed by atoms with Crippen molar-refractivity contribution in [3.8, 4) is 5.75 Å². The number of nitrogens with zero attached hydrogens (tertiary/aromatic N) is 1. The molecule has 0 saturated heterocycles. The number of rotatable bonds is 11. The number of ether oxygens (including phenoxy) is 2. The number of fused-ring (bicyclic) bond motifs is 1. The van der Waals surface area contributed by atoms with Crippen molar-refractivity contribution in [2.75, 3.05) is 25.5 Å². The van der Waals surface area contributed by atoms with Crippen molar-refractivity contribution in [3.05, 3.63) is 53.6 Å². The van der Waals surface area contributed by atoms with Crippen molar-refractivity contribution in [3.63, 3.8) is 0 Å². The molecule has 4 rings (SSSR count). The molecule has 39 heavy (non-hydrogen) atoms. The zero-order valence-corrected chi connectivity index (χ0v) is 25.7. The Morgan fingerprint density at radius 2 is 1.74 bits per heavy atom. The van der Waals surface area contributed by atoms with Crippen LogP contribution in [0.3, 0.4) is 0 Å². The SMILES string of the molecule is CC[C@@]1(C)c2cc(Nc3cccc(OC(C)(C)CCOC(C)(C)C)c3)ccc2C(=O)C(N(C)CC2CC2)[C@@H]1C. The molecule has 5 nitrogen and oxygen atoms in total. The van der Waals surface area contributed by atoms with Gasteiger partial charge in [0.25, 0.3) is 0 Å². The molecule has 2 aromatic rings. The standard InChI is InChI=1S/C34H50N2O3/c1-10-34(8)23(2)30(36(9)22-24-14-15-24)31(37)28-17-16-26(21-29(28)34)35-25-12-11-13-27(20-25)39-33(6,7)18-19-38-32(3,4)5/h11-13,16-17,20-21,23-24,30,35H,10,14-15,18-19,22H2,1-9H3/t23-,30?,34+/m0/s1. The maximum absolute atomic E-state index is 13.8. The van der Waals surface area contributed by atoms with Gasteiger partial charge in [-0.3, -0.25) is 9.69 Å². The number of hydrogen-bond donors (Lipinski definition) is 1. The Hall–Kier alpha value is -2.37. The minimum Gasteiger partial charge on any atom is -0.488 e. The molecule has 3 atom stereocenters. The quantitative estimate of drug-likeness (QED) is 0.316. The minimum atomic E-state index is -0.349. The average Bonchev–Trinajstić information content (AvgIpc) is 3.65. The lowest BCUT2D eigenvalue weighted by Gasteiger charge is -2.47. The Morgan fingerprint density at radius 1 is 1.05 bits per heavy atom. The molecule has 5 heteroatoms. The van der Waals surface area contributed by atoms with Gasteiger partial charge < -0.3 is 14.8 Å². The largest absolute Gasteiger partial charge is 0.488 e. The van der Waals surface area contributed by atoms with E-state index in [1.807, 2.05) is 30.3 Å². The van der Waals surface area contributed by atoms with E-state index in [-0.39, 0.29) is 34.4 Å². The number of carbonyl (C=O) groups is 1. The van der Waals surface area contributed by atoms with E-state index in [2.05, 4.69) is 84.8 Å². The molecule has 0 bridgehead atoms. The third-order valence-electron chi connectivity index (χ3n) is 8.86. The molecule has 0 spiro atoms. The van der Waals surface area contributed by atoms with Crippen LogP contribution < -0.4 is 10.1 Å². The first-order chi connectivity index (χ1) is 18.2. The molecule has 0 heterocycles. The van der Waals surface area contributed by atoms with Gasteiger partial charge in [-0.2, -0.15) is 0 Å². The molecule has 2 aliphatic carbocycles. The van der Waals surface area contributed by atoms with Crippen molar-refractivity contribution in [1.82, 2.24) is 4.90 Å². The van der Waals surface area contributed by atoms with Crippen LogP contribution >= 0.6 is 0 Å². The molecule has 214 valence electrons. The number of benzene rings is 2. The zero-order chi connectivity index (χ0) is 28.6. The van der Waals surface area contributed by atoms with Crippen LogP contribution in [-0.4, -0.2) is 48.1 Å². The maximum atomic E-state index is 13.8. The average molecular weight is 535 g/mol. The van der Waals surface area contributed by atoms with Crippen LogP contribution in [-0.2, 0) is 10.2 Å². The summed E-state index contributed by atoms with van der Waals surface area (Å²) < 4.78 is 12.3. The second-order valence-corrected chi connectivity index (χ2v) is 13.7. The normalized spacial score (nSPS) is 23.6. The number of hydrogen-bond acceptors (Lipinski definition) is 5. The fourth-order valence-electron chi connectivity index (χ4n) is 5.98. The first kappa shape index (κ1) is 29.6. The van der Waals surface area contributed by atoms with Crippen molar-refractivity contribution in [2.45, 2.75) is 104 Å². The van der Waals surface area contributed by atoms with Gasteiger partial charge in [-0.05, 0) is 114 Å². The summed E-state index contributed by atoms with van der Waals surface area (Å²) in [5.41, 5.74) is 3.42. The molecule has 0 aromatic heterocycles. The zero-order valence-electron chi connectivity index (χ0n) is 25.7. The highest BCUT2D eigenvalue weighted by molar-refractivity contribution is 6.03. The monoisotopic (exact) mass is 534 g/mol. The first-order valence-corrected chi connectivity index (χ1v) is 14.8. The molecular weight excluding hydrogens is 484 g/mol. The van der Waals surface area contributed by atoms with Crippen LogP contribution in [0.1, 0.15) is 97.0 Å². The lowest BCUT2D eigenvalue weighted by atomic mass is 9.61. The maximum Gasteiger partial charge on any atom is 0.180 e. The van der Waals surface area contributed by atoms with Crippen molar-refractivity contribution >= 4 is 17.2 Å². The molecule has 0 amide bonds. The lowest BCUT2D eigenvalue weighted by molar-refractivity contribution is -0.0292. The van der Waals surface area contributed by atoms with Gasteiger partial charge in [-0.1, -0.05) is 26.8 Å². The third-order valence-corrected chi connectivity index (χ3v) is 8.86. The lowest BCUT2D eigenvalue weighted by Crippen LogP contribution is -2.54. The van der Waals surface area contributed by atoms with E-state index >= 15 is 0 Å². The molecule has 1 saturated carbocycles. The Balaban J connectivity index is 1.51.